The Labute approximate surface area is 102 Å². The average molecular weight is 260 g/mol. The van der Waals surface area contributed by atoms with Crippen LogP contribution in [-0.4, -0.2) is 41.9 Å². The topological polar surface area (TPSA) is 81.2 Å². The van der Waals surface area contributed by atoms with Crippen LogP contribution in [0.15, 0.2) is 17.6 Å². The Balaban J connectivity index is 2.91. The summed E-state index contributed by atoms with van der Waals surface area (Å²) in [5.74, 6) is 0. The molecule has 0 aliphatic carbocycles. The Morgan fingerprint density at radius 1 is 1.47 bits per heavy atom. The molecule has 1 rings (SSSR count). The molecule has 0 atom stereocenters. The molecule has 0 unspecified atom stereocenters. The lowest BCUT2D eigenvalue weighted by molar-refractivity contribution is 0.404. The first-order valence-corrected chi connectivity index (χ1v) is 7.14. The van der Waals surface area contributed by atoms with Crippen LogP contribution in [0.1, 0.15) is 19.8 Å². The van der Waals surface area contributed by atoms with Gasteiger partial charge in [-0.05, 0) is 19.4 Å². The average Bonchev–Trinajstić information content (AvgIpc) is 2.71. The molecular formula is C10H20N4O2S. The molecule has 1 aromatic heterocycles. The summed E-state index contributed by atoms with van der Waals surface area (Å²) >= 11 is 0. The molecule has 7 heteroatoms. The van der Waals surface area contributed by atoms with Crippen LogP contribution in [-0.2, 0) is 17.1 Å². The molecule has 0 saturated heterocycles. The molecule has 0 aliphatic heterocycles. The maximum Gasteiger partial charge on any atom is 0.262 e. The summed E-state index contributed by atoms with van der Waals surface area (Å²) in [6.45, 7) is 3.38. The van der Waals surface area contributed by atoms with E-state index >= 15 is 0 Å². The molecule has 0 fully saturated rings. The van der Waals surface area contributed by atoms with Crippen LogP contribution in [0.5, 0.6) is 0 Å². The smallest absolute Gasteiger partial charge is 0.262 e. The first-order valence-electron chi connectivity index (χ1n) is 5.70. The molecular weight excluding hydrogens is 240 g/mol. The van der Waals surface area contributed by atoms with Crippen molar-refractivity contribution in [2.75, 3.05) is 19.6 Å². The Bertz CT molecular complexity index is 441. The predicted octanol–water partition coefficient (Wildman–Crippen LogP) is 0.170. The summed E-state index contributed by atoms with van der Waals surface area (Å²) in [5, 5.41) is 0.102. The molecule has 0 aliphatic rings. The first kappa shape index (κ1) is 14.1. The van der Waals surface area contributed by atoms with Gasteiger partial charge >= 0.3 is 0 Å². The largest absolute Gasteiger partial charge is 0.339 e. The van der Waals surface area contributed by atoms with E-state index in [0.29, 0.717) is 26.1 Å². The first-order chi connectivity index (χ1) is 8.02. The van der Waals surface area contributed by atoms with Crippen molar-refractivity contribution in [3.8, 4) is 0 Å². The summed E-state index contributed by atoms with van der Waals surface area (Å²) in [4.78, 5) is 3.90. The van der Waals surface area contributed by atoms with Crippen LogP contribution in [0.25, 0.3) is 0 Å². The summed E-state index contributed by atoms with van der Waals surface area (Å²) in [6, 6.07) is 0. The summed E-state index contributed by atoms with van der Waals surface area (Å²) in [5.41, 5.74) is 5.42. The Morgan fingerprint density at radius 3 is 2.65 bits per heavy atom. The second-order valence-corrected chi connectivity index (χ2v) is 5.81. The maximum atomic E-state index is 12.3. The van der Waals surface area contributed by atoms with E-state index in [1.807, 2.05) is 6.92 Å². The van der Waals surface area contributed by atoms with Gasteiger partial charge in [0.2, 0.25) is 0 Å². The van der Waals surface area contributed by atoms with Crippen LogP contribution in [0.4, 0.5) is 0 Å². The van der Waals surface area contributed by atoms with Crippen LogP contribution >= 0.6 is 0 Å². The molecule has 6 nitrogen and oxygen atoms in total. The highest BCUT2D eigenvalue weighted by molar-refractivity contribution is 7.89. The van der Waals surface area contributed by atoms with E-state index in [4.69, 9.17) is 5.73 Å². The summed E-state index contributed by atoms with van der Waals surface area (Å²) in [6.07, 6.45) is 4.43. The third-order valence-electron chi connectivity index (χ3n) is 2.37. The number of sulfonamides is 1. The molecule has 1 heterocycles. The minimum atomic E-state index is -3.47. The fourth-order valence-electron chi connectivity index (χ4n) is 1.52. The molecule has 1 aromatic rings. The highest BCUT2D eigenvalue weighted by Gasteiger charge is 2.25. The molecule has 0 bridgehead atoms. The van der Waals surface area contributed by atoms with Gasteiger partial charge in [-0.25, -0.2) is 13.4 Å². The maximum absolute atomic E-state index is 12.3. The Kier molecular flexibility index (Phi) is 5.10. The number of hydrogen-bond acceptors (Lipinski definition) is 4. The van der Waals surface area contributed by atoms with Gasteiger partial charge in [-0.15, -0.1) is 0 Å². The number of nitrogens with two attached hydrogens (primary N) is 1. The lowest BCUT2D eigenvalue weighted by Crippen LogP contribution is -2.34. The molecule has 2 N–H and O–H groups in total. The quantitative estimate of drug-likeness (QED) is 0.757. The number of aromatic nitrogens is 2. The number of imidazole rings is 1. The molecule has 0 saturated carbocycles. The second-order valence-electron chi connectivity index (χ2n) is 3.92. The van der Waals surface area contributed by atoms with Crippen molar-refractivity contribution < 1.29 is 8.42 Å². The third-order valence-corrected chi connectivity index (χ3v) is 4.15. The van der Waals surface area contributed by atoms with Crippen molar-refractivity contribution in [2.24, 2.45) is 12.8 Å². The van der Waals surface area contributed by atoms with Crippen LogP contribution in [0.3, 0.4) is 0 Å². The Hall–Kier alpha value is -0.920. The van der Waals surface area contributed by atoms with Crippen molar-refractivity contribution in [3.63, 3.8) is 0 Å². The standard InChI is InChI=1S/C10H20N4O2S/c1-3-6-14(7-4-5-11)17(15,16)10-8-13(2)9-12-10/h8-9H,3-7,11H2,1-2H3. The van der Waals surface area contributed by atoms with Crippen LogP contribution in [0.2, 0.25) is 0 Å². The van der Waals surface area contributed by atoms with E-state index in [1.54, 1.807) is 11.6 Å². The monoisotopic (exact) mass is 260 g/mol. The Morgan fingerprint density at radius 2 is 2.18 bits per heavy atom. The van der Waals surface area contributed by atoms with E-state index in [1.165, 1.54) is 16.8 Å². The summed E-state index contributed by atoms with van der Waals surface area (Å²) < 4.78 is 27.6. The number of nitrogens with zero attached hydrogens (tertiary/aromatic N) is 3. The van der Waals surface area contributed by atoms with Gasteiger partial charge in [0.05, 0.1) is 6.33 Å². The third kappa shape index (κ3) is 3.52. The molecule has 0 spiro atoms. The van der Waals surface area contributed by atoms with Crippen LogP contribution < -0.4 is 5.73 Å². The zero-order valence-electron chi connectivity index (χ0n) is 10.3. The van der Waals surface area contributed by atoms with Crippen molar-refractivity contribution in [3.05, 3.63) is 12.5 Å². The van der Waals surface area contributed by atoms with Gasteiger partial charge in [0.25, 0.3) is 10.0 Å². The van der Waals surface area contributed by atoms with Crippen molar-refractivity contribution in [2.45, 2.75) is 24.8 Å². The minimum absolute atomic E-state index is 0.102. The van der Waals surface area contributed by atoms with E-state index < -0.39 is 10.0 Å². The van der Waals surface area contributed by atoms with Gasteiger partial charge in [0, 0.05) is 26.3 Å². The summed E-state index contributed by atoms with van der Waals surface area (Å²) in [7, 11) is -1.72. The SMILES string of the molecule is CCCN(CCCN)S(=O)(=O)c1cn(C)cn1. The van der Waals surface area contributed by atoms with Gasteiger partial charge in [0.15, 0.2) is 5.03 Å². The van der Waals surface area contributed by atoms with Crippen molar-refractivity contribution in [1.29, 1.82) is 0 Å². The fourth-order valence-corrected chi connectivity index (χ4v) is 3.06. The van der Waals surface area contributed by atoms with Gasteiger partial charge < -0.3 is 10.3 Å². The van der Waals surface area contributed by atoms with E-state index in [2.05, 4.69) is 4.98 Å². The van der Waals surface area contributed by atoms with Gasteiger partial charge in [0.1, 0.15) is 0 Å². The number of rotatable bonds is 7. The van der Waals surface area contributed by atoms with E-state index in [-0.39, 0.29) is 5.03 Å². The van der Waals surface area contributed by atoms with E-state index in [0.717, 1.165) is 6.42 Å². The van der Waals surface area contributed by atoms with Gasteiger partial charge in [-0.2, -0.15) is 4.31 Å². The lowest BCUT2D eigenvalue weighted by Gasteiger charge is -2.19. The highest BCUT2D eigenvalue weighted by Crippen LogP contribution is 2.13. The lowest BCUT2D eigenvalue weighted by atomic mass is 10.4. The fraction of sp³-hybridized carbons (Fsp3) is 0.700. The molecule has 98 valence electrons. The van der Waals surface area contributed by atoms with Gasteiger partial charge in [-0.3, -0.25) is 0 Å². The minimum Gasteiger partial charge on any atom is -0.339 e. The van der Waals surface area contributed by atoms with Crippen molar-refractivity contribution in [1.82, 2.24) is 13.9 Å². The molecule has 0 radical (unpaired) electrons. The normalized spacial score (nSPS) is 12.2. The second kappa shape index (κ2) is 6.13. The van der Waals surface area contributed by atoms with Crippen molar-refractivity contribution >= 4 is 10.0 Å². The zero-order chi connectivity index (χ0) is 12.9. The van der Waals surface area contributed by atoms with E-state index in [9.17, 15) is 8.42 Å². The molecule has 17 heavy (non-hydrogen) atoms. The van der Waals surface area contributed by atoms with Crippen LogP contribution in [0, 0.1) is 0 Å². The van der Waals surface area contributed by atoms with Gasteiger partial charge in [-0.1, -0.05) is 6.92 Å². The molecule has 0 aromatic carbocycles. The highest BCUT2D eigenvalue weighted by atomic mass is 32.2. The molecule has 0 amide bonds. The number of aryl methyl sites for hydroxylation is 1. The number of hydrogen-bond donors (Lipinski definition) is 1. The zero-order valence-corrected chi connectivity index (χ0v) is 11.2. The predicted molar refractivity (Wildman–Crippen MR) is 65.9 cm³/mol.